The lowest BCUT2D eigenvalue weighted by Crippen LogP contribution is -2.41. The minimum atomic E-state index is -0.00951. The van der Waals surface area contributed by atoms with Crippen LogP contribution in [0.2, 0.25) is 0 Å². The molecule has 1 atom stereocenters. The van der Waals surface area contributed by atoms with Crippen molar-refractivity contribution >= 4 is 38.8 Å². The maximum absolute atomic E-state index is 12.8. The van der Waals surface area contributed by atoms with Crippen LogP contribution in [0.3, 0.4) is 0 Å². The summed E-state index contributed by atoms with van der Waals surface area (Å²) in [5.41, 5.74) is 2.13. The van der Waals surface area contributed by atoms with E-state index in [0.717, 1.165) is 43.9 Å². The maximum Gasteiger partial charge on any atom is 0.229 e. The van der Waals surface area contributed by atoms with Gasteiger partial charge in [0.1, 0.15) is 5.82 Å². The Kier molecular flexibility index (Phi) is 4.89. The van der Waals surface area contributed by atoms with Gasteiger partial charge in [0, 0.05) is 35.1 Å². The Hall–Kier alpha value is -2.40. The van der Waals surface area contributed by atoms with E-state index in [1.54, 1.807) is 11.3 Å². The molecule has 1 aromatic carbocycles. The van der Waals surface area contributed by atoms with E-state index in [4.69, 9.17) is 0 Å². The van der Waals surface area contributed by atoms with E-state index in [-0.39, 0.29) is 11.8 Å². The molecule has 1 aliphatic rings. The zero-order valence-electron chi connectivity index (χ0n) is 14.9. The average molecular weight is 366 g/mol. The highest BCUT2D eigenvalue weighted by Crippen LogP contribution is 2.31. The molecule has 4 rings (SSSR count). The summed E-state index contributed by atoms with van der Waals surface area (Å²) in [5.74, 6) is 1.11. The number of pyridine rings is 1. The molecule has 0 spiro atoms. The van der Waals surface area contributed by atoms with Crippen LogP contribution in [-0.2, 0) is 11.2 Å². The van der Waals surface area contributed by atoms with Crippen molar-refractivity contribution < 1.29 is 4.79 Å². The van der Waals surface area contributed by atoms with Crippen LogP contribution in [0.15, 0.2) is 48.0 Å². The summed E-state index contributed by atoms with van der Waals surface area (Å²) in [6, 6.07) is 12.3. The summed E-state index contributed by atoms with van der Waals surface area (Å²) in [5, 5.41) is 6.40. The van der Waals surface area contributed by atoms with Crippen LogP contribution in [0, 0.1) is 5.92 Å². The molecule has 0 aliphatic carbocycles. The summed E-state index contributed by atoms with van der Waals surface area (Å²) in [4.78, 5) is 19.7. The molecule has 0 radical (unpaired) electrons. The van der Waals surface area contributed by atoms with Crippen LogP contribution >= 0.6 is 11.3 Å². The molecule has 5 heteroatoms. The largest absolute Gasteiger partial charge is 0.355 e. The molecule has 1 aliphatic heterocycles. The molecular weight excluding hydrogens is 342 g/mol. The zero-order chi connectivity index (χ0) is 17.9. The monoisotopic (exact) mass is 365 g/mol. The predicted molar refractivity (Wildman–Crippen MR) is 109 cm³/mol. The average Bonchev–Trinajstić information content (AvgIpc) is 3.17. The first-order valence-electron chi connectivity index (χ1n) is 9.21. The van der Waals surface area contributed by atoms with Gasteiger partial charge in [-0.05, 0) is 54.5 Å². The number of thiophene rings is 1. The third kappa shape index (κ3) is 3.44. The molecule has 1 saturated heterocycles. The van der Waals surface area contributed by atoms with E-state index in [9.17, 15) is 4.79 Å². The van der Waals surface area contributed by atoms with Gasteiger partial charge in [-0.2, -0.15) is 0 Å². The van der Waals surface area contributed by atoms with Crippen molar-refractivity contribution in [2.24, 2.45) is 5.92 Å². The van der Waals surface area contributed by atoms with E-state index < -0.39 is 0 Å². The Morgan fingerprint density at radius 3 is 3.15 bits per heavy atom. The molecule has 1 N–H and O–H groups in total. The Bertz CT molecular complexity index is 920. The van der Waals surface area contributed by atoms with Gasteiger partial charge in [0.2, 0.25) is 5.91 Å². The number of aryl methyl sites for hydroxylation is 1. The SMILES string of the molecule is CCc1cccc(NC(=O)C2CCCN(c3nccc4sccc34)C2)c1. The fraction of sp³-hybridized carbons (Fsp3) is 0.333. The third-order valence-electron chi connectivity index (χ3n) is 5.05. The normalized spacial score (nSPS) is 17.4. The van der Waals surface area contributed by atoms with Gasteiger partial charge in [-0.25, -0.2) is 4.98 Å². The van der Waals surface area contributed by atoms with E-state index in [0.29, 0.717) is 0 Å². The van der Waals surface area contributed by atoms with Crippen LogP contribution in [0.1, 0.15) is 25.3 Å². The lowest BCUT2D eigenvalue weighted by atomic mass is 9.96. The molecule has 26 heavy (non-hydrogen) atoms. The summed E-state index contributed by atoms with van der Waals surface area (Å²) in [6.45, 7) is 3.80. The molecule has 134 valence electrons. The Labute approximate surface area is 157 Å². The molecule has 0 saturated carbocycles. The second-order valence-corrected chi connectivity index (χ2v) is 7.74. The standard InChI is InChI=1S/C21H23N3OS/c1-2-15-5-3-7-17(13-15)23-21(25)16-6-4-11-24(14-16)20-18-9-12-26-19(18)8-10-22-20/h3,5,7-10,12-13,16H,2,4,6,11,14H2,1H3,(H,23,25). The molecule has 0 bridgehead atoms. The molecule has 3 aromatic rings. The number of nitrogens with zero attached hydrogens (tertiary/aromatic N) is 2. The van der Waals surface area contributed by atoms with E-state index in [1.165, 1.54) is 15.6 Å². The van der Waals surface area contributed by atoms with Crippen LogP contribution in [-0.4, -0.2) is 24.0 Å². The molecule has 4 nitrogen and oxygen atoms in total. The van der Waals surface area contributed by atoms with Gasteiger partial charge < -0.3 is 10.2 Å². The highest BCUT2D eigenvalue weighted by atomic mass is 32.1. The summed E-state index contributed by atoms with van der Waals surface area (Å²) in [6.07, 6.45) is 4.77. The summed E-state index contributed by atoms with van der Waals surface area (Å²) in [7, 11) is 0. The smallest absolute Gasteiger partial charge is 0.229 e. The van der Waals surface area contributed by atoms with Crippen molar-refractivity contribution in [3.05, 3.63) is 53.5 Å². The second kappa shape index (κ2) is 7.46. The molecule has 3 heterocycles. The number of carbonyl (C=O) groups excluding carboxylic acids is 1. The predicted octanol–water partition coefficient (Wildman–Crippen LogP) is 4.71. The molecular formula is C21H23N3OS. The van der Waals surface area contributed by atoms with Crippen LogP contribution in [0.4, 0.5) is 11.5 Å². The van der Waals surface area contributed by atoms with Gasteiger partial charge in [0.15, 0.2) is 0 Å². The lowest BCUT2D eigenvalue weighted by Gasteiger charge is -2.33. The van der Waals surface area contributed by atoms with Gasteiger partial charge >= 0.3 is 0 Å². The number of amides is 1. The van der Waals surface area contributed by atoms with Crippen molar-refractivity contribution in [2.75, 3.05) is 23.3 Å². The number of piperidine rings is 1. The third-order valence-corrected chi connectivity index (χ3v) is 5.94. The lowest BCUT2D eigenvalue weighted by molar-refractivity contribution is -0.120. The first-order chi connectivity index (χ1) is 12.7. The van der Waals surface area contributed by atoms with Gasteiger partial charge in [-0.1, -0.05) is 19.1 Å². The van der Waals surface area contributed by atoms with E-state index in [1.807, 2.05) is 18.3 Å². The van der Waals surface area contributed by atoms with Crippen LogP contribution in [0.5, 0.6) is 0 Å². The maximum atomic E-state index is 12.8. The second-order valence-electron chi connectivity index (χ2n) is 6.80. The number of anilines is 2. The minimum Gasteiger partial charge on any atom is -0.355 e. The van der Waals surface area contributed by atoms with Crippen molar-refractivity contribution in [2.45, 2.75) is 26.2 Å². The number of carbonyl (C=O) groups is 1. The van der Waals surface area contributed by atoms with E-state index in [2.05, 4.69) is 51.8 Å². The Balaban J connectivity index is 1.49. The van der Waals surface area contributed by atoms with Crippen LogP contribution in [0.25, 0.3) is 10.1 Å². The van der Waals surface area contributed by atoms with Crippen molar-refractivity contribution in [3.63, 3.8) is 0 Å². The van der Waals surface area contributed by atoms with Crippen LogP contribution < -0.4 is 10.2 Å². The number of rotatable bonds is 4. The first-order valence-corrected chi connectivity index (χ1v) is 10.1. The molecule has 2 aromatic heterocycles. The summed E-state index contributed by atoms with van der Waals surface area (Å²) < 4.78 is 1.25. The molecule has 1 unspecified atom stereocenters. The fourth-order valence-electron chi connectivity index (χ4n) is 3.63. The fourth-order valence-corrected chi connectivity index (χ4v) is 4.41. The quantitative estimate of drug-likeness (QED) is 0.728. The van der Waals surface area contributed by atoms with Gasteiger partial charge in [0.05, 0.1) is 5.92 Å². The number of hydrogen-bond acceptors (Lipinski definition) is 4. The highest BCUT2D eigenvalue weighted by Gasteiger charge is 2.27. The number of fused-ring (bicyclic) bond motifs is 1. The molecule has 1 amide bonds. The number of nitrogens with one attached hydrogen (secondary N) is 1. The zero-order valence-corrected chi connectivity index (χ0v) is 15.8. The Morgan fingerprint density at radius 1 is 1.35 bits per heavy atom. The molecule has 1 fully saturated rings. The minimum absolute atomic E-state index is 0.00951. The Morgan fingerprint density at radius 2 is 2.27 bits per heavy atom. The number of benzene rings is 1. The van der Waals surface area contributed by atoms with Gasteiger partial charge in [-0.3, -0.25) is 4.79 Å². The summed E-state index contributed by atoms with van der Waals surface area (Å²) >= 11 is 1.73. The van der Waals surface area contributed by atoms with Gasteiger partial charge in [0.25, 0.3) is 0 Å². The number of hydrogen-bond donors (Lipinski definition) is 1. The first kappa shape index (κ1) is 17.0. The van der Waals surface area contributed by atoms with Gasteiger partial charge in [-0.15, -0.1) is 11.3 Å². The van der Waals surface area contributed by atoms with Crippen molar-refractivity contribution in [1.29, 1.82) is 0 Å². The van der Waals surface area contributed by atoms with Crippen molar-refractivity contribution in [3.8, 4) is 0 Å². The topological polar surface area (TPSA) is 45.2 Å². The number of aromatic nitrogens is 1. The van der Waals surface area contributed by atoms with E-state index >= 15 is 0 Å². The highest BCUT2D eigenvalue weighted by molar-refractivity contribution is 7.17. The van der Waals surface area contributed by atoms with Crippen molar-refractivity contribution in [1.82, 2.24) is 4.98 Å².